The van der Waals surface area contributed by atoms with Crippen LogP contribution in [-0.2, 0) is 0 Å². The van der Waals surface area contributed by atoms with Crippen molar-refractivity contribution in [3.8, 4) is 5.75 Å². The highest BCUT2D eigenvalue weighted by Crippen LogP contribution is 2.44. The van der Waals surface area contributed by atoms with Crippen molar-refractivity contribution in [2.75, 3.05) is 25.5 Å². The number of para-hydroxylation sites is 1. The fourth-order valence-electron chi connectivity index (χ4n) is 4.04. The molecule has 1 unspecified atom stereocenters. The Balaban J connectivity index is 1.51. The van der Waals surface area contributed by atoms with Gasteiger partial charge in [0.1, 0.15) is 11.4 Å². The normalized spacial score (nSPS) is 21.2. The molecule has 1 spiro atoms. The summed E-state index contributed by atoms with van der Waals surface area (Å²) in [6.07, 6.45) is 2.77. The maximum Gasteiger partial charge on any atom is 0.319 e. The van der Waals surface area contributed by atoms with Gasteiger partial charge < -0.3 is 20.3 Å². The number of urea groups is 1. The van der Waals surface area contributed by atoms with Crippen molar-refractivity contribution in [1.82, 2.24) is 10.2 Å². The molecule has 2 aromatic rings. The van der Waals surface area contributed by atoms with Gasteiger partial charge in [0, 0.05) is 30.8 Å². The van der Waals surface area contributed by atoms with Crippen LogP contribution in [-0.4, -0.2) is 36.7 Å². The topological polar surface area (TPSA) is 53.6 Å². The summed E-state index contributed by atoms with van der Waals surface area (Å²) in [6, 6.07) is 15.7. The van der Waals surface area contributed by atoms with Gasteiger partial charge in [-0.05, 0) is 45.0 Å². The molecule has 0 saturated carbocycles. The van der Waals surface area contributed by atoms with Crippen molar-refractivity contribution in [3.63, 3.8) is 0 Å². The number of amides is 2. The molecule has 5 nitrogen and oxygen atoms in total. The molecule has 27 heavy (non-hydrogen) atoms. The highest BCUT2D eigenvalue weighted by Gasteiger charge is 2.43. The third kappa shape index (κ3) is 3.93. The molecule has 2 heterocycles. The van der Waals surface area contributed by atoms with Crippen molar-refractivity contribution in [2.45, 2.75) is 37.8 Å². The smallest absolute Gasteiger partial charge is 0.319 e. The molecule has 1 atom stereocenters. The molecule has 1 saturated heterocycles. The lowest BCUT2D eigenvalue weighted by Gasteiger charge is -2.46. The number of piperidine rings is 1. The molecular formula is C22H27N3O2. The third-order valence-electron chi connectivity index (χ3n) is 5.71. The lowest BCUT2D eigenvalue weighted by atomic mass is 9.80. The Kier molecular flexibility index (Phi) is 4.79. The van der Waals surface area contributed by atoms with Crippen molar-refractivity contribution >= 4 is 11.7 Å². The molecule has 0 aliphatic carbocycles. The monoisotopic (exact) mass is 365 g/mol. The number of aryl methyl sites for hydroxylation is 1. The van der Waals surface area contributed by atoms with E-state index in [0.717, 1.165) is 49.4 Å². The van der Waals surface area contributed by atoms with E-state index < -0.39 is 0 Å². The van der Waals surface area contributed by atoms with Gasteiger partial charge in [0.2, 0.25) is 0 Å². The van der Waals surface area contributed by atoms with Gasteiger partial charge in [0.25, 0.3) is 0 Å². The zero-order valence-electron chi connectivity index (χ0n) is 16.0. The second-order valence-electron chi connectivity index (χ2n) is 7.85. The van der Waals surface area contributed by atoms with Gasteiger partial charge in [0.05, 0.1) is 6.04 Å². The average molecular weight is 365 g/mol. The Bertz CT molecular complexity index is 811. The fourth-order valence-corrected chi connectivity index (χ4v) is 4.04. The largest absolute Gasteiger partial charge is 0.487 e. The number of rotatable bonds is 2. The number of carbonyl (C=O) groups is 1. The van der Waals surface area contributed by atoms with Gasteiger partial charge in [-0.1, -0.05) is 35.9 Å². The van der Waals surface area contributed by atoms with Crippen molar-refractivity contribution in [2.24, 2.45) is 0 Å². The average Bonchev–Trinajstić information content (AvgIpc) is 2.66. The van der Waals surface area contributed by atoms with E-state index >= 15 is 0 Å². The van der Waals surface area contributed by atoms with Crippen LogP contribution < -0.4 is 15.4 Å². The minimum absolute atomic E-state index is 0.0520. The van der Waals surface area contributed by atoms with Crippen LogP contribution in [0.1, 0.15) is 36.4 Å². The highest BCUT2D eigenvalue weighted by atomic mass is 16.5. The van der Waals surface area contributed by atoms with E-state index in [1.54, 1.807) is 0 Å². The first-order chi connectivity index (χ1) is 13.0. The zero-order chi connectivity index (χ0) is 18.9. The van der Waals surface area contributed by atoms with Crippen LogP contribution in [0.3, 0.4) is 0 Å². The first-order valence-corrected chi connectivity index (χ1v) is 9.64. The second-order valence-corrected chi connectivity index (χ2v) is 7.85. The Labute approximate surface area is 160 Å². The molecule has 2 N–H and O–H groups in total. The van der Waals surface area contributed by atoms with Crippen molar-refractivity contribution in [3.05, 3.63) is 59.7 Å². The van der Waals surface area contributed by atoms with E-state index in [1.807, 2.05) is 55.5 Å². The minimum Gasteiger partial charge on any atom is -0.487 e. The van der Waals surface area contributed by atoms with E-state index in [0.29, 0.717) is 0 Å². The van der Waals surface area contributed by atoms with Gasteiger partial charge in [-0.2, -0.15) is 0 Å². The van der Waals surface area contributed by atoms with Gasteiger partial charge in [-0.25, -0.2) is 4.79 Å². The third-order valence-corrected chi connectivity index (χ3v) is 5.71. The quantitative estimate of drug-likeness (QED) is 0.842. The summed E-state index contributed by atoms with van der Waals surface area (Å²) in [7, 11) is 2.15. The van der Waals surface area contributed by atoms with E-state index in [4.69, 9.17) is 4.74 Å². The molecule has 0 aromatic heterocycles. The Hall–Kier alpha value is -2.53. The van der Waals surface area contributed by atoms with Crippen LogP contribution in [0, 0.1) is 6.92 Å². The van der Waals surface area contributed by atoms with Gasteiger partial charge >= 0.3 is 6.03 Å². The summed E-state index contributed by atoms with van der Waals surface area (Å²) in [5.41, 5.74) is 2.83. The predicted molar refractivity (Wildman–Crippen MR) is 107 cm³/mol. The molecule has 0 bridgehead atoms. The Morgan fingerprint density at radius 1 is 1.11 bits per heavy atom. The molecule has 0 radical (unpaired) electrons. The molecule has 142 valence electrons. The summed E-state index contributed by atoms with van der Waals surface area (Å²) in [5.74, 6) is 0.897. The highest BCUT2D eigenvalue weighted by molar-refractivity contribution is 5.89. The molecule has 2 amide bonds. The Morgan fingerprint density at radius 3 is 2.56 bits per heavy atom. The first-order valence-electron chi connectivity index (χ1n) is 9.64. The number of hydrogen-bond donors (Lipinski definition) is 2. The lowest BCUT2D eigenvalue weighted by Crippen LogP contribution is -2.51. The minimum atomic E-state index is -0.192. The molecule has 2 aliphatic heterocycles. The summed E-state index contributed by atoms with van der Waals surface area (Å²) in [6.45, 7) is 4.07. The van der Waals surface area contributed by atoms with Crippen LogP contribution in [0.5, 0.6) is 5.75 Å². The van der Waals surface area contributed by atoms with Crippen LogP contribution in [0.15, 0.2) is 48.5 Å². The number of likely N-dealkylation sites (tertiary alicyclic amines) is 1. The van der Waals surface area contributed by atoms with Crippen LogP contribution in [0.25, 0.3) is 0 Å². The van der Waals surface area contributed by atoms with Crippen LogP contribution in [0.4, 0.5) is 10.5 Å². The molecule has 4 rings (SSSR count). The second kappa shape index (κ2) is 7.24. The van der Waals surface area contributed by atoms with Crippen molar-refractivity contribution in [1.29, 1.82) is 0 Å². The van der Waals surface area contributed by atoms with Gasteiger partial charge in [-0.3, -0.25) is 0 Å². The maximum absolute atomic E-state index is 12.6. The SMILES string of the molecule is Cc1ccc(NC(=O)NC2CC3(CCN(C)CC3)Oc3ccccc32)cc1. The number of fused-ring (bicyclic) bond motifs is 1. The fraction of sp³-hybridized carbons (Fsp3) is 0.409. The van der Waals surface area contributed by atoms with Crippen LogP contribution >= 0.6 is 0 Å². The maximum atomic E-state index is 12.6. The standard InChI is InChI=1S/C22H27N3O2/c1-16-7-9-17(10-8-16)23-21(26)24-19-15-22(11-13-25(2)14-12-22)27-20-6-4-3-5-18(19)20/h3-10,19H,11-15H2,1-2H3,(H2,23,24,26). The number of anilines is 1. The van der Waals surface area contributed by atoms with E-state index in [9.17, 15) is 4.79 Å². The predicted octanol–water partition coefficient (Wildman–Crippen LogP) is 4.10. The number of benzene rings is 2. The number of nitrogens with zero attached hydrogens (tertiary/aromatic N) is 1. The summed E-state index contributed by atoms with van der Waals surface area (Å²) >= 11 is 0. The number of nitrogens with one attached hydrogen (secondary N) is 2. The summed E-state index contributed by atoms with van der Waals surface area (Å²) < 4.78 is 6.45. The van der Waals surface area contributed by atoms with E-state index in [2.05, 4.69) is 22.6 Å². The number of hydrogen-bond acceptors (Lipinski definition) is 3. The summed E-state index contributed by atoms with van der Waals surface area (Å²) in [5, 5.41) is 6.12. The first kappa shape index (κ1) is 17.9. The molecule has 1 fully saturated rings. The van der Waals surface area contributed by atoms with E-state index in [-0.39, 0.29) is 17.7 Å². The van der Waals surface area contributed by atoms with Crippen molar-refractivity contribution < 1.29 is 9.53 Å². The van der Waals surface area contributed by atoms with Gasteiger partial charge in [0.15, 0.2) is 0 Å². The lowest BCUT2D eigenvalue weighted by molar-refractivity contribution is -0.0188. The van der Waals surface area contributed by atoms with Gasteiger partial charge in [-0.15, -0.1) is 0 Å². The number of carbonyl (C=O) groups excluding carboxylic acids is 1. The molecule has 2 aliphatic rings. The van der Waals surface area contributed by atoms with E-state index in [1.165, 1.54) is 5.56 Å². The Morgan fingerprint density at radius 2 is 1.81 bits per heavy atom. The summed E-state index contributed by atoms with van der Waals surface area (Å²) in [4.78, 5) is 15.0. The molecule has 2 aromatic carbocycles. The molecule has 5 heteroatoms. The number of ether oxygens (including phenoxy) is 1. The zero-order valence-corrected chi connectivity index (χ0v) is 16.0. The van der Waals surface area contributed by atoms with Crippen LogP contribution in [0.2, 0.25) is 0 Å². The molecular weight excluding hydrogens is 338 g/mol.